The second-order valence-electron chi connectivity index (χ2n) is 4.68. The predicted molar refractivity (Wildman–Crippen MR) is 61.3 cm³/mol. The molecule has 0 bridgehead atoms. The number of rotatable bonds is 4. The van der Waals surface area contributed by atoms with Crippen molar-refractivity contribution in [1.29, 1.82) is 0 Å². The van der Waals surface area contributed by atoms with E-state index in [2.05, 4.69) is 16.0 Å². The lowest BCUT2D eigenvalue weighted by molar-refractivity contribution is 0.185. The van der Waals surface area contributed by atoms with E-state index in [1.54, 1.807) is 0 Å². The minimum Gasteiger partial charge on any atom is -0.381 e. The fourth-order valence-electron chi connectivity index (χ4n) is 2.17. The van der Waals surface area contributed by atoms with E-state index < -0.39 is 0 Å². The first kappa shape index (κ1) is 11.7. The van der Waals surface area contributed by atoms with Crippen LogP contribution >= 0.6 is 0 Å². The molecule has 2 unspecified atom stereocenters. The van der Waals surface area contributed by atoms with Crippen LogP contribution in [0.1, 0.15) is 12.8 Å². The van der Waals surface area contributed by atoms with Gasteiger partial charge in [-0.3, -0.25) is 0 Å². The molecule has 2 heterocycles. The van der Waals surface area contributed by atoms with Crippen molar-refractivity contribution in [1.82, 2.24) is 16.0 Å². The number of hydrogen-bond donors (Lipinski definition) is 3. The second-order valence-corrected chi connectivity index (χ2v) is 4.68. The number of carbonyl (C=O) groups is 1. The molecule has 2 amide bonds. The van der Waals surface area contributed by atoms with Crippen molar-refractivity contribution >= 4 is 6.03 Å². The van der Waals surface area contributed by atoms with Crippen molar-refractivity contribution < 1.29 is 9.53 Å². The van der Waals surface area contributed by atoms with Gasteiger partial charge in [-0.05, 0) is 31.8 Å². The van der Waals surface area contributed by atoms with Gasteiger partial charge < -0.3 is 20.7 Å². The van der Waals surface area contributed by atoms with Crippen LogP contribution in [0.25, 0.3) is 0 Å². The molecule has 5 heteroatoms. The highest BCUT2D eigenvalue weighted by atomic mass is 16.5. The maximum Gasteiger partial charge on any atom is 0.314 e. The third-order valence-corrected chi connectivity index (χ3v) is 3.29. The van der Waals surface area contributed by atoms with Crippen molar-refractivity contribution in [3.8, 4) is 0 Å². The molecule has 3 N–H and O–H groups in total. The Bertz CT molecular complexity index is 201. The molecule has 2 aliphatic heterocycles. The number of nitrogens with one attached hydrogen (secondary N) is 3. The molecule has 0 spiro atoms. The largest absolute Gasteiger partial charge is 0.381 e. The molecule has 0 aromatic rings. The van der Waals surface area contributed by atoms with Gasteiger partial charge in [0, 0.05) is 25.6 Å². The summed E-state index contributed by atoms with van der Waals surface area (Å²) in [5.74, 6) is 1.10. The summed E-state index contributed by atoms with van der Waals surface area (Å²) in [6, 6.07) is -0.0428. The van der Waals surface area contributed by atoms with Crippen LogP contribution in [0.4, 0.5) is 4.79 Å². The van der Waals surface area contributed by atoms with Gasteiger partial charge in [-0.1, -0.05) is 0 Å². The summed E-state index contributed by atoms with van der Waals surface area (Å²) < 4.78 is 5.25. The van der Waals surface area contributed by atoms with Crippen LogP contribution < -0.4 is 16.0 Å². The highest BCUT2D eigenvalue weighted by Gasteiger charge is 2.17. The highest BCUT2D eigenvalue weighted by Crippen LogP contribution is 2.10. The summed E-state index contributed by atoms with van der Waals surface area (Å²) in [5.41, 5.74) is 0. The van der Waals surface area contributed by atoms with Crippen molar-refractivity contribution in [3.05, 3.63) is 0 Å². The Balaban J connectivity index is 1.53. The number of carbonyl (C=O) groups excluding carboxylic acids is 1. The van der Waals surface area contributed by atoms with E-state index in [9.17, 15) is 4.79 Å². The van der Waals surface area contributed by atoms with E-state index in [4.69, 9.17) is 4.74 Å². The van der Waals surface area contributed by atoms with Gasteiger partial charge >= 0.3 is 6.03 Å². The van der Waals surface area contributed by atoms with Gasteiger partial charge in [0.1, 0.15) is 0 Å². The summed E-state index contributed by atoms with van der Waals surface area (Å²) in [5, 5.41) is 9.10. The fraction of sp³-hybridized carbons (Fsp3) is 0.909. The van der Waals surface area contributed by atoms with Gasteiger partial charge in [0.05, 0.1) is 6.61 Å². The third-order valence-electron chi connectivity index (χ3n) is 3.29. The topological polar surface area (TPSA) is 62.4 Å². The van der Waals surface area contributed by atoms with E-state index in [1.807, 2.05) is 0 Å². The molecular formula is C11H21N3O2. The molecular weight excluding hydrogens is 206 g/mol. The van der Waals surface area contributed by atoms with E-state index in [0.717, 1.165) is 52.2 Å². The van der Waals surface area contributed by atoms with Crippen molar-refractivity contribution in [2.45, 2.75) is 12.8 Å². The summed E-state index contributed by atoms with van der Waals surface area (Å²) >= 11 is 0. The van der Waals surface area contributed by atoms with Gasteiger partial charge in [-0.2, -0.15) is 0 Å². The Hall–Kier alpha value is -0.810. The molecule has 16 heavy (non-hydrogen) atoms. The average molecular weight is 227 g/mol. The number of urea groups is 1. The van der Waals surface area contributed by atoms with Crippen LogP contribution in [0.3, 0.4) is 0 Å². The SMILES string of the molecule is O=C(NCC1CCNC1)NCC1CCOC1. The van der Waals surface area contributed by atoms with Crippen LogP contribution in [-0.2, 0) is 4.74 Å². The summed E-state index contributed by atoms with van der Waals surface area (Å²) in [4.78, 5) is 11.5. The molecule has 2 aliphatic rings. The molecule has 0 aliphatic carbocycles. The first-order valence-electron chi connectivity index (χ1n) is 6.15. The van der Waals surface area contributed by atoms with Crippen LogP contribution in [-0.4, -0.2) is 45.4 Å². The van der Waals surface area contributed by atoms with Crippen LogP contribution in [0.15, 0.2) is 0 Å². The lowest BCUT2D eigenvalue weighted by Crippen LogP contribution is -2.40. The lowest BCUT2D eigenvalue weighted by Gasteiger charge is -2.13. The third kappa shape index (κ3) is 3.64. The van der Waals surface area contributed by atoms with E-state index >= 15 is 0 Å². The standard InChI is InChI=1S/C11H21N3O2/c15-11(13-6-9-1-3-12-5-9)14-7-10-2-4-16-8-10/h9-10,12H,1-8H2,(H2,13,14,15). The Kier molecular flexibility index (Phi) is 4.42. The van der Waals surface area contributed by atoms with Crippen LogP contribution in [0, 0.1) is 11.8 Å². The zero-order chi connectivity index (χ0) is 11.2. The van der Waals surface area contributed by atoms with Gasteiger partial charge in [0.2, 0.25) is 0 Å². The fourth-order valence-corrected chi connectivity index (χ4v) is 2.17. The maximum atomic E-state index is 11.5. The molecule has 92 valence electrons. The molecule has 5 nitrogen and oxygen atoms in total. The maximum absolute atomic E-state index is 11.5. The summed E-state index contributed by atoms with van der Waals surface area (Å²) in [6.07, 6.45) is 2.23. The van der Waals surface area contributed by atoms with E-state index in [0.29, 0.717) is 11.8 Å². The Morgan fingerprint density at radius 3 is 2.69 bits per heavy atom. The smallest absolute Gasteiger partial charge is 0.314 e. The first-order valence-corrected chi connectivity index (χ1v) is 6.15. The Morgan fingerprint density at radius 1 is 1.25 bits per heavy atom. The Morgan fingerprint density at radius 2 is 2.06 bits per heavy atom. The molecule has 2 rings (SSSR count). The molecule has 0 radical (unpaired) electrons. The highest BCUT2D eigenvalue weighted by molar-refractivity contribution is 5.73. The molecule has 0 aromatic heterocycles. The van der Waals surface area contributed by atoms with Gasteiger partial charge in [-0.15, -0.1) is 0 Å². The predicted octanol–water partition coefficient (Wildman–Crippen LogP) is -0.0684. The van der Waals surface area contributed by atoms with Crippen molar-refractivity contribution in [2.24, 2.45) is 11.8 Å². The van der Waals surface area contributed by atoms with Crippen LogP contribution in [0.5, 0.6) is 0 Å². The van der Waals surface area contributed by atoms with Crippen LogP contribution in [0.2, 0.25) is 0 Å². The van der Waals surface area contributed by atoms with Gasteiger partial charge in [0.25, 0.3) is 0 Å². The van der Waals surface area contributed by atoms with Gasteiger partial charge in [0.15, 0.2) is 0 Å². The summed E-state index contributed by atoms with van der Waals surface area (Å²) in [6.45, 7) is 5.23. The van der Waals surface area contributed by atoms with Crippen molar-refractivity contribution in [3.63, 3.8) is 0 Å². The summed E-state index contributed by atoms with van der Waals surface area (Å²) in [7, 11) is 0. The number of ether oxygens (including phenoxy) is 1. The average Bonchev–Trinajstić information content (AvgIpc) is 2.96. The molecule has 2 atom stereocenters. The Labute approximate surface area is 96.3 Å². The first-order chi connectivity index (χ1) is 7.84. The normalized spacial score (nSPS) is 29.2. The molecule has 2 saturated heterocycles. The van der Waals surface area contributed by atoms with E-state index in [1.165, 1.54) is 0 Å². The quantitative estimate of drug-likeness (QED) is 0.630. The molecule has 0 saturated carbocycles. The minimum atomic E-state index is -0.0428. The zero-order valence-electron chi connectivity index (χ0n) is 9.63. The molecule has 2 fully saturated rings. The van der Waals surface area contributed by atoms with E-state index in [-0.39, 0.29) is 6.03 Å². The second kappa shape index (κ2) is 6.06. The minimum absolute atomic E-state index is 0.0428. The lowest BCUT2D eigenvalue weighted by atomic mass is 10.1. The zero-order valence-corrected chi connectivity index (χ0v) is 9.63. The molecule has 0 aromatic carbocycles. The number of amides is 2. The van der Waals surface area contributed by atoms with Crippen molar-refractivity contribution in [2.75, 3.05) is 39.4 Å². The monoisotopic (exact) mass is 227 g/mol. The van der Waals surface area contributed by atoms with Gasteiger partial charge in [-0.25, -0.2) is 4.79 Å². The number of hydrogen-bond acceptors (Lipinski definition) is 3.